The molecular weight excluding hydrogens is 352 g/mol. The van der Waals surface area contributed by atoms with Crippen molar-refractivity contribution in [3.63, 3.8) is 0 Å². The van der Waals surface area contributed by atoms with Gasteiger partial charge in [0.15, 0.2) is 6.61 Å². The number of sulfonamides is 1. The maximum Gasteiger partial charge on any atom is 0.261 e. The number of nitrogens with one attached hydrogen (secondary N) is 2. The number of anilines is 1. The summed E-state index contributed by atoms with van der Waals surface area (Å²) in [6.45, 7) is 4.50. The first-order chi connectivity index (χ1) is 12.4. The molecule has 2 aromatic carbocycles. The van der Waals surface area contributed by atoms with Crippen LogP contribution in [0.2, 0.25) is 0 Å². The fourth-order valence-electron chi connectivity index (χ4n) is 2.16. The summed E-state index contributed by atoms with van der Waals surface area (Å²) in [7, 11) is -3.67. The first kappa shape index (κ1) is 19.8. The Morgan fingerprint density at radius 1 is 1.04 bits per heavy atom. The standard InChI is InChI=1S/C19H24N2O4S/c1-3-4-13-20-19(22)14-25-17-9-11-18(12-10-17)26(23,24)21-16-7-5-15(2)6-8-16/h5-12,21H,3-4,13-14H2,1-2H3,(H,20,22). The van der Waals surface area contributed by atoms with Crippen molar-refractivity contribution in [2.75, 3.05) is 17.9 Å². The summed E-state index contributed by atoms with van der Waals surface area (Å²) in [5, 5.41) is 2.75. The summed E-state index contributed by atoms with van der Waals surface area (Å²) in [4.78, 5) is 11.7. The Labute approximate surface area is 154 Å². The third-order valence-corrected chi connectivity index (χ3v) is 5.06. The second kappa shape index (κ2) is 9.24. The van der Waals surface area contributed by atoms with E-state index in [0.29, 0.717) is 18.0 Å². The van der Waals surface area contributed by atoms with Crippen LogP contribution in [0.25, 0.3) is 0 Å². The Kier molecular flexibility index (Phi) is 7.03. The third-order valence-electron chi connectivity index (χ3n) is 3.66. The number of hydrogen-bond donors (Lipinski definition) is 2. The van der Waals surface area contributed by atoms with Gasteiger partial charge in [-0.3, -0.25) is 9.52 Å². The van der Waals surface area contributed by atoms with Crippen LogP contribution in [0.5, 0.6) is 5.75 Å². The molecule has 7 heteroatoms. The van der Waals surface area contributed by atoms with Crippen LogP contribution < -0.4 is 14.8 Å². The molecule has 0 heterocycles. The largest absolute Gasteiger partial charge is 0.484 e. The van der Waals surface area contributed by atoms with E-state index in [2.05, 4.69) is 10.0 Å². The quantitative estimate of drug-likeness (QED) is 0.659. The predicted octanol–water partition coefficient (Wildman–Crippen LogP) is 3.09. The zero-order valence-electron chi connectivity index (χ0n) is 15.0. The molecule has 2 rings (SSSR count). The highest BCUT2D eigenvalue weighted by molar-refractivity contribution is 7.92. The fraction of sp³-hybridized carbons (Fsp3) is 0.316. The highest BCUT2D eigenvalue weighted by atomic mass is 32.2. The maximum atomic E-state index is 12.4. The molecule has 0 atom stereocenters. The van der Waals surface area contributed by atoms with E-state index in [1.165, 1.54) is 24.3 Å². The highest BCUT2D eigenvalue weighted by Crippen LogP contribution is 2.19. The predicted molar refractivity (Wildman–Crippen MR) is 102 cm³/mol. The molecule has 2 aromatic rings. The van der Waals surface area contributed by atoms with E-state index in [1.54, 1.807) is 12.1 Å². The smallest absolute Gasteiger partial charge is 0.261 e. The molecule has 0 aliphatic heterocycles. The lowest BCUT2D eigenvalue weighted by atomic mass is 10.2. The second-order valence-corrected chi connectivity index (χ2v) is 7.62. The average Bonchev–Trinajstić information content (AvgIpc) is 2.62. The maximum absolute atomic E-state index is 12.4. The minimum absolute atomic E-state index is 0.0998. The Hall–Kier alpha value is -2.54. The SMILES string of the molecule is CCCCNC(=O)COc1ccc(S(=O)(=O)Nc2ccc(C)cc2)cc1. The van der Waals surface area contributed by atoms with Gasteiger partial charge in [0.05, 0.1) is 4.90 Å². The van der Waals surface area contributed by atoms with Gasteiger partial charge in [0.1, 0.15) is 5.75 Å². The van der Waals surface area contributed by atoms with Gasteiger partial charge in [-0.15, -0.1) is 0 Å². The van der Waals surface area contributed by atoms with Gasteiger partial charge in [0.2, 0.25) is 0 Å². The van der Waals surface area contributed by atoms with Crippen molar-refractivity contribution in [2.24, 2.45) is 0 Å². The lowest BCUT2D eigenvalue weighted by Crippen LogP contribution is -2.29. The van der Waals surface area contributed by atoms with E-state index in [-0.39, 0.29) is 17.4 Å². The summed E-state index contributed by atoms with van der Waals surface area (Å²) in [5.74, 6) is 0.237. The molecule has 140 valence electrons. The molecule has 0 aliphatic carbocycles. The molecule has 26 heavy (non-hydrogen) atoms. The topological polar surface area (TPSA) is 84.5 Å². The Bertz CT molecular complexity index is 816. The summed E-state index contributed by atoms with van der Waals surface area (Å²) in [6.07, 6.45) is 1.93. The van der Waals surface area contributed by atoms with E-state index in [9.17, 15) is 13.2 Å². The van der Waals surface area contributed by atoms with Crippen LogP contribution in [0.1, 0.15) is 25.3 Å². The lowest BCUT2D eigenvalue weighted by molar-refractivity contribution is -0.123. The lowest BCUT2D eigenvalue weighted by Gasteiger charge is -2.10. The molecule has 0 saturated carbocycles. The fourth-order valence-corrected chi connectivity index (χ4v) is 3.21. The van der Waals surface area contributed by atoms with Crippen LogP contribution in [-0.4, -0.2) is 27.5 Å². The zero-order valence-corrected chi connectivity index (χ0v) is 15.8. The van der Waals surface area contributed by atoms with Gasteiger partial charge in [0, 0.05) is 12.2 Å². The highest BCUT2D eigenvalue weighted by Gasteiger charge is 2.14. The molecule has 0 bridgehead atoms. The number of benzene rings is 2. The number of unbranched alkanes of at least 4 members (excludes halogenated alkanes) is 1. The van der Waals surface area contributed by atoms with Gasteiger partial charge in [-0.1, -0.05) is 31.0 Å². The summed E-state index contributed by atoms with van der Waals surface area (Å²) >= 11 is 0. The third kappa shape index (κ3) is 6.07. The molecule has 0 unspecified atom stereocenters. The van der Waals surface area contributed by atoms with Crippen LogP contribution in [0.15, 0.2) is 53.4 Å². The van der Waals surface area contributed by atoms with Crippen molar-refractivity contribution in [1.82, 2.24) is 5.32 Å². The van der Waals surface area contributed by atoms with E-state index >= 15 is 0 Å². The van der Waals surface area contributed by atoms with E-state index in [0.717, 1.165) is 18.4 Å². The van der Waals surface area contributed by atoms with Crippen LogP contribution in [0, 0.1) is 6.92 Å². The van der Waals surface area contributed by atoms with Crippen LogP contribution >= 0.6 is 0 Å². The summed E-state index contributed by atoms with van der Waals surface area (Å²) < 4.78 is 32.7. The van der Waals surface area contributed by atoms with E-state index < -0.39 is 10.0 Å². The van der Waals surface area contributed by atoms with Crippen molar-refractivity contribution >= 4 is 21.6 Å². The molecule has 0 saturated heterocycles. The van der Waals surface area contributed by atoms with Crippen molar-refractivity contribution in [2.45, 2.75) is 31.6 Å². The molecule has 0 fully saturated rings. The van der Waals surface area contributed by atoms with Crippen molar-refractivity contribution in [3.05, 3.63) is 54.1 Å². The van der Waals surface area contributed by atoms with Crippen molar-refractivity contribution in [3.8, 4) is 5.75 Å². The number of carbonyl (C=O) groups is 1. The molecule has 0 aliphatic rings. The Morgan fingerprint density at radius 3 is 2.31 bits per heavy atom. The number of ether oxygens (including phenoxy) is 1. The average molecular weight is 376 g/mol. The van der Waals surface area contributed by atoms with Gasteiger partial charge < -0.3 is 10.1 Å². The van der Waals surface area contributed by atoms with Crippen LogP contribution in [0.3, 0.4) is 0 Å². The first-order valence-corrected chi connectivity index (χ1v) is 9.98. The minimum Gasteiger partial charge on any atom is -0.484 e. The van der Waals surface area contributed by atoms with Gasteiger partial charge in [-0.05, 0) is 49.7 Å². The molecule has 6 nitrogen and oxygen atoms in total. The monoisotopic (exact) mass is 376 g/mol. The van der Waals surface area contributed by atoms with Crippen molar-refractivity contribution in [1.29, 1.82) is 0 Å². The molecular formula is C19H24N2O4S. The van der Waals surface area contributed by atoms with Crippen LogP contribution in [0.4, 0.5) is 5.69 Å². The van der Waals surface area contributed by atoms with Gasteiger partial charge in [0.25, 0.3) is 15.9 Å². The number of hydrogen-bond acceptors (Lipinski definition) is 4. The molecule has 0 radical (unpaired) electrons. The summed E-state index contributed by atoms with van der Waals surface area (Å²) in [6, 6.07) is 13.0. The molecule has 0 spiro atoms. The normalized spacial score (nSPS) is 11.0. The number of aryl methyl sites for hydroxylation is 1. The van der Waals surface area contributed by atoms with Crippen LogP contribution in [-0.2, 0) is 14.8 Å². The van der Waals surface area contributed by atoms with Gasteiger partial charge in [-0.2, -0.15) is 0 Å². The number of carbonyl (C=O) groups excluding carboxylic acids is 1. The Morgan fingerprint density at radius 2 is 1.69 bits per heavy atom. The molecule has 2 N–H and O–H groups in total. The second-order valence-electron chi connectivity index (χ2n) is 5.94. The summed E-state index contributed by atoms with van der Waals surface area (Å²) in [5.41, 5.74) is 1.55. The van der Waals surface area contributed by atoms with Gasteiger partial charge >= 0.3 is 0 Å². The first-order valence-electron chi connectivity index (χ1n) is 8.50. The van der Waals surface area contributed by atoms with E-state index in [4.69, 9.17) is 4.74 Å². The van der Waals surface area contributed by atoms with Crippen molar-refractivity contribution < 1.29 is 17.9 Å². The van der Waals surface area contributed by atoms with E-state index in [1.807, 2.05) is 26.0 Å². The zero-order chi connectivity index (χ0) is 19.0. The number of amides is 1. The number of rotatable bonds is 9. The van der Waals surface area contributed by atoms with Gasteiger partial charge in [-0.25, -0.2) is 8.42 Å². The molecule has 0 aromatic heterocycles. The Balaban J connectivity index is 1.93. The minimum atomic E-state index is -3.67. The molecule has 1 amide bonds.